The fraction of sp³-hybridized carbons (Fsp3) is 0.214. The average molecular weight is 371 g/mol. The van der Waals surface area contributed by atoms with Gasteiger partial charge >= 0.3 is 0 Å². The number of halogens is 2. The maximum absolute atomic E-state index is 13.6. The lowest BCUT2D eigenvalue weighted by Gasteiger charge is -2.13. The highest BCUT2D eigenvalue weighted by atomic mass is 79.9. The van der Waals surface area contributed by atoms with Crippen molar-refractivity contribution in [2.24, 2.45) is 0 Å². The molecule has 1 atom stereocenters. The number of aryl methyl sites for hydroxylation is 1. The first-order valence-corrected chi connectivity index (χ1v) is 8.14. The molecule has 3 rings (SSSR count). The first-order chi connectivity index (χ1) is 9.47. The molecule has 6 heteroatoms. The molecule has 0 aliphatic carbocycles. The summed E-state index contributed by atoms with van der Waals surface area (Å²) in [5, 5.41) is 0. The lowest BCUT2D eigenvalue weighted by Crippen LogP contribution is -2.05. The first kappa shape index (κ1) is 14.0. The van der Waals surface area contributed by atoms with Crippen molar-refractivity contribution in [3.8, 4) is 0 Å². The molecule has 0 saturated carbocycles. The van der Waals surface area contributed by atoms with E-state index < -0.39 is 0 Å². The number of rotatable bonds is 2. The molecule has 2 nitrogen and oxygen atoms in total. The quantitative estimate of drug-likeness (QED) is 0.583. The normalized spacial score (nSPS) is 13.0. The van der Waals surface area contributed by atoms with Gasteiger partial charge in [0.2, 0.25) is 0 Å². The second-order valence-electron chi connectivity index (χ2n) is 4.71. The molecule has 0 radical (unpaired) electrons. The van der Waals surface area contributed by atoms with Gasteiger partial charge in [0.1, 0.15) is 5.82 Å². The molecule has 0 aliphatic heterocycles. The molecule has 0 aliphatic rings. The van der Waals surface area contributed by atoms with Gasteiger partial charge < -0.3 is 9.55 Å². The second kappa shape index (κ2) is 5.09. The van der Waals surface area contributed by atoms with E-state index in [0.717, 1.165) is 11.0 Å². The number of fused-ring (bicyclic) bond motifs is 1. The van der Waals surface area contributed by atoms with E-state index in [2.05, 4.69) is 46.9 Å². The number of hydrogen-bond donors (Lipinski definition) is 1. The minimum absolute atomic E-state index is 0.118. The summed E-state index contributed by atoms with van der Waals surface area (Å²) in [6, 6.07) is 7.58. The van der Waals surface area contributed by atoms with Gasteiger partial charge in [-0.3, -0.25) is 0 Å². The third kappa shape index (κ3) is 2.25. The molecule has 1 unspecified atom stereocenters. The predicted octanol–water partition coefficient (Wildman–Crippen LogP) is 5.58. The van der Waals surface area contributed by atoms with Crippen molar-refractivity contribution in [3.05, 3.63) is 49.1 Å². The third-order valence-corrected chi connectivity index (χ3v) is 5.40. The van der Waals surface area contributed by atoms with Crippen LogP contribution in [-0.2, 0) is 0 Å². The van der Waals surface area contributed by atoms with Crippen LogP contribution in [0.1, 0.15) is 22.7 Å². The maximum Gasteiger partial charge on any atom is 0.178 e. The largest absolute Gasteiger partial charge is 0.330 e. The summed E-state index contributed by atoms with van der Waals surface area (Å²) in [5.41, 5.74) is 1.62. The highest BCUT2D eigenvalue weighted by molar-refractivity contribution is 9.10. The molecule has 0 bridgehead atoms. The summed E-state index contributed by atoms with van der Waals surface area (Å²) in [6.07, 6.45) is 0. The van der Waals surface area contributed by atoms with Gasteiger partial charge in [-0.25, -0.2) is 4.39 Å². The maximum atomic E-state index is 13.6. The molecule has 2 heterocycles. The number of nitrogens with one attached hydrogen (secondary N) is 1. The van der Waals surface area contributed by atoms with Crippen LogP contribution in [0.2, 0.25) is 0 Å². The van der Waals surface area contributed by atoms with Gasteiger partial charge in [-0.1, -0.05) is 0 Å². The average Bonchev–Trinajstić information content (AvgIpc) is 2.93. The molecule has 20 heavy (non-hydrogen) atoms. The summed E-state index contributed by atoms with van der Waals surface area (Å²) in [4.78, 5) is 5.58. The molecule has 1 N–H and O–H groups in total. The number of imidazole rings is 1. The Morgan fingerprint density at radius 3 is 2.80 bits per heavy atom. The van der Waals surface area contributed by atoms with Crippen molar-refractivity contribution in [1.82, 2.24) is 9.55 Å². The van der Waals surface area contributed by atoms with Crippen LogP contribution in [0.4, 0.5) is 4.39 Å². The van der Waals surface area contributed by atoms with Crippen LogP contribution in [0.3, 0.4) is 0 Å². The number of thiophene rings is 1. The first-order valence-electron chi connectivity index (χ1n) is 6.13. The zero-order valence-electron chi connectivity index (χ0n) is 10.9. The lowest BCUT2D eigenvalue weighted by atomic mass is 10.2. The van der Waals surface area contributed by atoms with Crippen molar-refractivity contribution >= 4 is 50.5 Å². The monoisotopic (exact) mass is 370 g/mol. The Morgan fingerprint density at radius 2 is 2.15 bits per heavy atom. The van der Waals surface area contributed by atoms with Crippen LogP contribution in [-0.4, -0.2) is 9.55 Å². The highest BCUT2D eigenvalue weighted by Gasteiger charge is 2.16. The summed E-state index contributed by atoms with van der Waals surface area (Å²) in [5.74, 6) is -0.291. The lowest BCUT2D eigenvalue weighted by molar-refractivity contribution is 0.622. The zero-order valence-corrected chi connectivity index (χ0v) is 14.1. The van der Waals surface area contributed by atoms with E-state index in [-0.39, 0.29) is 11.9 Å². The van der Waals surface area contributed by atoms with E-state index in [1.54, 1.807) is 17.4 Å². The molecule has 3 aromatic rings. The SMILES string of the molecule is Cc1ccc(C(C)n2c(=S)[nH]c3cc(F)c(Br)cc32)s1. The zero-order chi connectivity index (χ0) is 14.4. The van der Waals surface area contributed by atoms with Crippen LogP contribution >= 0.6 is 39.5 Å². The van der Waals surface area contributed by atoms with Crippen molar-refractivity contribution in [1.29, 1.82) is 0 Å². The molecule has 0 spiro atoms. The van der Waals surface area contributed by atoms with Crippen molar-refractivity contribution in [2.75, 3.05) is 0 Å². The third-order valence-electron chi connectivity index (χ3n) is 3.32. The van der Waals surface area contributed by atoms with Crippen molar-refractivity contribution < 1.29 is 4.39 Å². The molecule has 104 valence electrons. The number of hydrogen-bond acceptors (Lipinski definition) is 2. The highest BCUT2D eigenvalue weighted by Crippen LogP contribution is 2.31. The van der Waals surface area contributed by atoms with Gasteiger partial charge in [0, 0.05) is 15.8 Å². The van der Waals surface area contributed by atoms with E-state index in [1.165, 1.54) is 15.8 Å². The van der Waals surface area contributed by atoms with Crippen LogP contribution in [0.15, 0.2) is 28.7 Å². The molecule has 0 saturated heterocycles. The predicted molar refractivity (Wildman–Crippen MR) is 87.6 cm³/mol. The number of H-pyrrole nitrogens is 1. The minimum atomic E-state index is -0.291. The summed E-state index contributed by atoms with van der Waals surface area (Å²) in [6.45, 7) is 4.19. The van der Waals surface area contributed by atoms with Crippen LogP contribution in [0.25, 0.3) is 11.0 Å². The van der Waals surface area contributed by atoms with E-state index in [1.807, 2.05) is 4.57 Å². The van der Waals surface area contributed by atoms with E-state index in [0.29, 0.717) is 9.24 Å². The Labute approximate surface area is 133 Å². The molecule has 0 fully saturated rings. The van der Waals surface area contributed by atoms with Gasteiger partial charge in [0.25, 0.3) is 0 Å². The van der Waals surface area contributed by atoms with Gasteiger partial charge in [0.05, 0.1) is 21.5 Å². The standard InChI is InChI=1S/C14H12BrFN2S2/c1-7-3-4-13(20-7)8(2)18-12-5-9(15)10(16)6-11(12)17-14(18)19/h3-6,8H,1-2H3,(H,17,19). The fourth-order valence-corrected chi connectivity index (χ4v) is 3.93. The topological polar surface area (TPSA) is 20.7 Å². The second-order valence-corrected chi connectivity index (χ2v) is 7.27. The Morgan fingerprint density at radius 1 is 1.40 bits per heavy atom. The Balaban J connectivity index is 2.23. The van der Waals surface area contributed by atoms with Gasteiger partial charge in [-0.2, -0.15) is 0 Å². The van der Waals surface area contributed by atoms with Crippen LogP contribution in [0, 0.1) is 17.5 Å². The summed E-state index contributed by atoms with van der Waals surface area (Å²) < 4.78 is 16.7. The molecule has 2 aromatic heterocycles. The van der Waals surface area contributed by atoms with E-state index >= 15 is 0 Å². The molecular weight excluding hydrogens is 359 g/mol. The van der Waals surface area contributed by atoms with Gasteiger partial charge in [0.15, 0.2) is 4.77 Å². The summed E-state index contributed by atoms with van der Waals surface area (Å²) >= 11 is 10.4. The Kier molecular flexibility index (Phi) is 3.56. The van der Waals surface area contributed by atoms with Gasteiger partial charge in [-0.05, 0) is 60.2 Å². The van der Waals surface area contributed by atoms with Crippen LogP contribution < -0.4 is 0 Å². The number of aromatic amines is 1. The molecule has 1 aromatic carbocycles. The van der Waals surface area contributed by atoms with E-state index in [4.69, 9.17) is 12.2 Å². The van der Waals surface area contributed by atoms with Crippen molar-refractivity contribution in [2.45, 2.75) is 19.9 Å². The smallest absolute Gasteiger partial charge is 0.178 e. The Bertz CT molecular complexity index is 847. The van der Waals surface area contributed by atoms with Crippen LogP contribution in [0.5, 0.6) is 0 Å². The Hall–Kier alpha value is -0.980. The van der Waals surface area contributed by atoms with Crippen molar-refractivity contribution in [3.63, 3.8) is 0 Å². The fourth-order valence-electron chi connectivity index (χ4n) is 2.31. The minimum Gasteiger partial charge on any atom is -0.330 e. The molecule has 0 amide bonds. The van der Waals surface area contributed by atoms with Gasteiger partial charge in [-0.15, -0.1) is 11.3 Å². The number of aromatic nitrogens is 2. The number of benzene rings is 1. The summed E-state index contributed by atoms with van der Waals surface area (Å²) in [7, 11) is 0. The number of nitrogens with zero attached hydrogens (tertiary/aromatic N) is 1. The molecular formula is C14H12BrFN2S2. The van der Waals surface area contributed by atoms with E-state index in [9.17, 15) is 4.39 Å².